The van der Waals surface area contributed by atoms with Gasteiger partial charge in [-0.25, -0.2) is 0 Å². The molecule has 3 aromatic heterocycles. The number of hydrogen-bond acceptors (Lipinski definition) is 6. The molecule has 3 heterocycles. The summed E-state index contributed by atoms with van der Waals surface area (Å²) in [6.07, 6.45) is 6.25. The predicted molar refractivity (Wildman–Crippen MR) is 228 cm³/mol. The van der Waals surface area contributed by atoms with E-state index in [2.05, 4.69) is 30.9 Å². The summed E-state index contributed by atoms with van der Waals surface area (Å²) in [6, 6.07) is 41.3. The topological polar surface area (TPSA) is 126 Å². The van der Waals surface area contributed by atoms with E-state index < -0.39 is 17.8 Å². The van der Waals surface area contributed by atoms with Gasteiger partial charge in [0.25, 0.3) is 0 Å². The number of pyridine rings is 3. The summed E-state index contributed by atoms with van der Waals surface area (Å²) >= 11 is 0. The lowest BCUT2D eigenvalue weighted by Crippen LogP contribution is -2.40. The Morgan fingerprint density at radius 2 is 0.684 bits per heavy atom. The Labute approximate surface area is 327 Å². The van der Waals surface area contributed by atoms with Gasteiger partial charge in [-0.2, -0.15) is 0 Å². The van der Waals surface area contributed by atoms with Gasteiger partial charge in [0.1, 0.15) is 0 Å². The Bertz CT molecular complexity index is 2750. The van der Waals surface area contributed by atoms with Crippen molar-refractivity contribution in [3.8, 4) is 0 Å². The zero-order valence-electron chi connectivity index (χ0n) is 30.8. The quantitative estimate of drug-likeness (QED) is 0.146. The van der Waals surface area contributed by atoms with Gasteiger partial charge in [-0.15, -0.1) is 0 Å². The van der Waals surface area contributed by atoms with Crippen LogP contribution < -0.4 is 16.0 Å². The number of nitrogens with zero attached hydrogens (tertiary/aromatic N) is 3. The third kappa shape index (κ3) is 6.53. The summed E-state index contributed by atoms with van der Waals surface area (Å²) < 4.78 is 0. The number of rotatable bonds is 6. The third-order valence-corrected chi connectivity index (χ3v) is 11.4. The van der Waals surface area contributed by atoms with Gasteiger partial charge < -0.3 is 16.0 Å². The van der Waals surface area contributed by atoms with Gasteiger partial charge >= 0.3 is 0 Å². The number of carbonyl (C=O) groups excluding carboxylic acids is 3. The number of fused-ring (bicyclic) bond motifs is 9. The molecule has 10 rings (SSSR count). The first-order valence-electron chi connectivity index (χ1n) is 19.2. The monoisotopic (exact) mass is 744 g/mol. The highest BCUT2D eigenvalue weighted by molar-refractivity contribution is 6.09. The van der Waals surface area contributed by atoms with Crippen molar-refractivity contribution in [2.75, 3.05) is 16.0 Å². The van der Waals surface area contributed by atoms with Crippen molar-refractivity contribution in [3.05, 3.63) is 146 Å². The van der Waals surface area contributed by atoms with Crippen LogP contribution in [0.25, 0.3) is 65.0 Å². The lowest BCUT2D eigenvalue weighted by molar-refractivity contribution is -0.129. The molecule has 3 amide bonds. The number of aromatic nitrogens is 3. The molecule has 0 aliphatic heterocycles. The highest BCUT2D eigenvalue weighted by atomic mass is 16.2. The lowest BCUT2D eigenvalue weighted by atomic mass is 9.74. The summed E-state index contributed by atoms with van der Waals surface area (Å²) in [5.41, 5.74) is 4.63. The molecular formula is C48H36N6O3. The van der Waals surface area contributed by atoms with Crippen LogP contribution in [-0.4, -0.2) is 32.7 Å². The average molecular weight is 745 g/mol. The van der Waals surface area contributed by atoms with Crippen molar-refractivity contribution in [2.45, 2.75) is 19.3 Å². The fraction of sp³-hybridized carbons (Fsp3) is 0.125. The molecule has 1 aliphatic rings. The van der Waals surface area contributed by atoms with E-state index in [0.717, 1.165) is 65.0 Å². The van der Waals surface area contributed by atoms with Crippen LogP contribution in [-0.2, 0) is 14.4 Å². The summed E-state index contributed by atoms with van der Waals surface area (Å²) in [4.78, 5) is 55.9. The van der Waals surface area contributed by atoms with Gasteiger partial charge in [-0.1, -0.05) is 72.8 Å². The molecule has 6 aromatic carbocycles. The highest BCUT2D eigenvalue weighted by Gasteiger charge is 2.39. The molecule has 0 radical (unpaired) electrons. The van der Waals surface area contributed by atoms with Crippen molar-refractivity contribution in [1.82, 2.24) is 15.0 Å². The zero-order valence-corrected chi connectivity index (χ0v) is 30.8. The Kier molecular flexibility index (Phi) is 8.48. The van der Waals surface area contributed by atoms with Crippen LogP contribution in [0.2, 0.25) is 0 Å². The second-order valence-electron chi connectivity index (χ2n) is 15.0. The minimum Gasteiger partial charge on any atom is -0.326 e. The standard InChI is InChI=1S/C48H36N6O3/c55-46(52-37-13-16-40-31(25-37)10-7-28-4-1-19-49-43(28)40)34-22-35(47(56)53-38-14-17-41-32(26-38)11-8-29-5-2-20-50-44(29)41)24-36(23-34)48(57)54-39-15-18-42-33(27-39)12-9-30-6-3-21-51-45(30)42/h1-21,25-27,34-36H,22-24H2,(H,52,55)(H,53,56)(H,54,57). The molecule has 1 aliphatic carbocycles. The van der Waals surface area contributed by atoms with E-state index in [-0.39, 0.29) is 17.7 Å². The predicted octanol–water partition coefficient (Wildman–Crippen LogP) is 10.0. The number of carbonyl (C=O) groups is 3. The molecule has 9 nitrogen and oxygen atoms in total. The van der Waals surface area contributed by atoms with Crippen LogP contribution in [0.15, 0.2) is 146 Å². The second-order valence-corrected chi connectivity index (χ2v) is 15.0. The van der Waals surface area contributed by atoms with Crippen molar-refractivity contribution in [3.63, 3.8) is 0 Å². The molecule has 0 atom stereocenters. The Hall–Kier alpha value is -7.26. The minimum atomic E-state index is -0.581. The number of nitrogens with one attached hydrogen (secondary N) is 3. The van der Waals surface area contributed by atoms with E-state index in [1.165, 1.54) is 0 Å². The maximum absolute atomic E-state index is 14.1. The summed E-state index contributed by atoms with van der Waals surface area (Å²) in [6.45, 7) is 0. The number of benzene rings is 6. The van der Waals surface area contributed by atoms with Gasteiger partial charge in [-0.05, 0) is 90.0 Å². The first-order chi connectivity index (χ1) is 27.9. The van der Waals surface area contributed by atoms with E-state index in [0.29, 0.717) is 36.3 Å². The van der Waals surface area contributed by atoms with Crippen LogP contribution >= 0.6 is 0 Å². The molecule has 57 heavy (non-hydrogen) atoms. The van der Waals surface area contributed by atoms with Gasteiger partial charge in [0, 0.05) is 85.7 Å². The van der Waals surface area contributed by atoms with Crippen LogP contribution in [0.3, 0.4) is 0 Å². The number of hydrogen-bond donors (Lipinski definition) is 3. The largest absolute Gasteiger partial charge is 0.326 e. The SMILES string of the molecule is O=C(Nc1ccc2c(ccc3cccnc32)c1)C1CC(C(=O)Nc2ccc3c(ccc4cccnc43)c2)CC(C(=O)Nc2ccc3c(ccc4cccnc43)c2)C1. The highest BCUT2D eigenvalue weighted by Crippen LogP contribution is 2.37. The van der Waals surface area contributed by atoms with Gasteiger partial charge in [0.15, 0.2) is 0 Å². The first kappa shape index (κ1) is 34.2. The molecule has 9 heteroatoms. The second kappa shape index (κ2) is 14.1. The van der Waals surface area contributed by atoms with Gasteiger partial charge in [-0.3, -0.25) is 29.3 Å². The van der Waals surface area contributed by atoms with Crippen LogP contribution in [0, 0.1) is 17.8 Å². The minimum absolute atomic E-state index is 0.223. The van der Waals surface area contributed by atoms with Crippen LogP contribution in [0.4, 0.5) is 17.1 Å². The molecule has 0 spiro atoms. The molecule has 0 saturated heterocycles. The smallest absolute Gasteiger partial charge is 0.227 e. The lowest BCUT2D eigenvalue weighted by Gasteiger charge is -2.33. The van der Waals surface area contributed by atoms with E-state index in [1.54, 1.807) is 18.6 Å². The van der Waals surface area contributed by atoms with Crippen molar-refractivity contribution in [1.29, 1.82) is 0 Å². The third-order valence-electron chi connectivity index (χ3n) is 11.4. The Morgan fingerprint density at radius 3 is 1.00 bits per heavy atom. The van der Waals surface area contributed by atoms with Gasteiger partial charge in [0.2, 0.25) is 17.7 Å². The number of amides is 3. The fourth-order valence-corrected chi connectivity index (χ4v) is 8.55. The van der Waals surface area contributed by atoms with E-state index >= 15 is 0 Å². The van der Waals surface area contributed by atoms with Gasteiger partial charge in [0.05, 0.1) is 16.6 Å². The van der Waals surface area contributed by atoms with Crippen LogP contribution in [0.1, 0.15) is 19.3 Å². The summed E-state index contributed by atoms with van der Waals surface area (Å²) in [5.74, 6) is -2.41. The van der Waals surface area contributed by atoms with Crippen LogP contribution in [0.5, 0.6) is 0 Å². The average Bonchev–Trinajstić information content (AvgIpc) is 3.25. The maximum Gasteiger partial charge on any atom is 0.227 e. The Morgan fingerprint density at radius 1 is 0.386 bits per heavy atom. The Balaban J connectivity index is 0.917. The maximum atomic E-state index is 14.1. The molecule has 3 N–H and O–H groups in total. The zero-order chi connectivity index (χ0) is 38.5. The van der Waals surface area contributed by atoms with E-state index in [4.69, 9.17) is 0 Å². The molecule has 0 unspecified atom stereocenters. The van der Waals surface area contributed by atoms with E-state index in [1.807, 2.05) is 127 Å². The van der Waals surface area contributed by atoms with E-state index in [9.17, 15) is 14.4 Å². The first-order valence-corrected chi connectivity index (χ1v) is 19.2. The molecular weight excluding hydrogens is 709 g/mol. The molecule has 276 valence electrons. The van der Waals surface area contributed by atoms with Crippen molar-refractivity contribution >= 4 is 99.8 Å². The molecule has 0 bridgehead atoms. The number of anilines is 3. The molecule has 1 fully saturated rings. The van der Waals surface area contributed by atoms with Crippen molar-refractivity contribution < 1.29 is 14.4 Å². The van der Waals surface area contributed by atoms with Crippen molar-refractivity contribution in [2.24, 2.45) is 17.8 Å². The fourth-order valence-electron chi connectivity index (χ4n) is 8.55. The molecule has 9 aromatic rings. The summed E-state index contributed by atoms with van der Waals surface area (Å²) in [7, 11) is 0. The normalized spacial score (nSPS) is 16.9. The molecule has 1 saturated carbocycles. The summed E-state index contributed by atoms with van der Waals surface area (Å²) in [5, 5.41) is 18.3.